The third-order valence-electron chi connectivity index (χ3n) is 6.60. The van der Waals surface area contributed by atoms with Crippen molar-refractivity contribution in [3.8, 4) is 22.6 Å². The molecule has 0 fully saturated rings. The third kappa shape index (κ3) is 5.57. The second kappa shape index (κ2) is 11.0. The van der Waals surface area contributed by atoms with E-state index in [0.29, 0.717) is 27.4 Å². The number of carbonyl (C=O) groups is 1. The van der Waals surface area contributed by atoms with Crippen molar-refractivity contribution in [1.29, 1.82) is 0 Å². The zero-order chi connectivity index (χ0) is 29.5. The lowest BCUT2D eigenvalue weighted by Gasteiger charge is -2.20. The lowest BCUT2D eigenvalue weighted by atomic mass is 9.99. The Balaban J connectivity index is 1.51. The van der Waals surface area contributed by atoms with Crippen LogP contribution in [-0.4, -0.2) is 42.7 Å². The molecule has 5 aromatic rings. The molecule has 0 bridgehead atoms. The van der Waals surface area contributed by atoms with Gasteiger partial charge in [-0.25, -0.2) is 4.68 Å². The molecule has 9 nitrogen and oxygen atoms in total. The number of rotatable bonds is 8. The molecule has 0 spiro atoms. The molecule has 0 radical (unpaired) electrons. The van der Waals surface area contributed by atoms with Gasteiger partial charge in [-0.15, -0.1) is 5.10 Å². The molecule has 14 heteroatoms. The summed E-state index contributed by atoms with van der Waals surface area (Å²) in [6.07, 6.45) is -1.64. The number of pyridine rings is 1. The molecular weight excluding hydrogens is 584 g/mol. The number of aromatic amines is 1. The fourth-order valence-electron chi connectivity index (χ4n) is 4.71. The number of Topliss-reactive ketones (excluding diaryl/α,β-unsaturated/α-hetero) is 1. The number of hydrogen-bond acceptors (Lipinski definition) is 6. The fourth-order valence-corrected chi connectivity index (χ4v) is 5.01. The predicted molar refractivity (Wildman–Crippen MR) is 147 cm³/mol. The minimum absolute atomic E-state index is 0.130. The van der Waals surface area contributed by atoms with Gasteiger partial charge in [-0.2, -0.15) is 18.3 Å². The quantitative estimate of drug-likeness (QED) is 0.230. The number of alkyl halides is 3. The first-order chi connectivity index (χ1) is 19.5. The Hall–Kier alpha value is -4.16. The number of ether oxygens (including phenoxy) is 1. The van der Waals surface area contributed by atoms with E-state index in [0.717, 1.165) is 0 Å². The monoisotopic (exact) mass is 604 g/mol. The molecule has 212 valence electrons. The molecule has 3 aromatic heterocycles. The third-order valence-corrected chi connectivity index (χ3v) is 7.01. The summed E-state index contributed by atoms with van der Waals surface area (Å²) in [6.45, 7) is 1.74. The first kappa shape index (κ1) is 28.4. The van der Waals surface area contributed by atoms with E-state index in [-0.39, 0.29) is 40.4 Å². The van der Waals surface area contributed by atoms with Gasteiger partial charge in [0.25, 0.3) is 5.56 Å². The van der Waals surface area contributed by atoms with Crippen LogP contribution in [0.2, 0.25) is 10.2 Å². The molecule has 3 heterocycles. The number of fused-ring (bicyclic) bond motifs is 1. The number of H-pyrrole nitrogens is 1. The van der Waals surface area contributed by atoms with E-state index < -0.39 is 23.5 Å². The summed E-state index contributed by atoms with van der Waals surface area (Å²) in [4.78, 5) is 26.8. The van der Waals surface area contributed by atoms with Crippen LogP contribution in [0.15, 0.2) is 59.7 Å². The second-order valence-corrected chi connectivity index (χ2v) is 9.99. The molecule has 0 aliphatic heterocycles. The zero-order valence-corrected chi connectivity index (χ0v) is 23.1. The van der Waals surface area contributed by atoms with E-state index in [2.05, 4.69) is 15.4 Å². The van der Waals surface area contributed by atoms with E-state index in [9.17, 15) is 22.8 Å². The first-order valence-corrected chi connectivity index (χ1v) is 13.0. The number of ketones is 1. The second-order valence-electron chi connectivity index (χ2n) is 9.16. The van der Waals surface area contributed by atoms with Gasteiger partial charge in [-0.1, -0.05) is 41.4 Å². The number of hydrogen-bond donors (Lipinski definition) is 1. The lowest BCUT2D eigenvalue weighted by Crippen LogP contribution is -2.30. The smallest absolute Gasteiger partial charge is 0.433 e. The number of aromatic nitrogens is 6. The number of methoxy groups -OCH3 is 1. The van der Waals surface area contributed by atoms with Crippen molar-refractivity contribution < 1.29 is 22.7 Å². The molecule has 0 aliphatic carbocycles. The van der Waals surface area contributed by atoms with Gasteiger partial charge >= 0.3 is 6.18 Å². The van der Waals surface area contributed by atoms with Crippen LogP contribution in [0, 0.1) is 0 Å². The van der Waals surface area contributed by atoms with E-state index >= 15 is 0 Å². The molecule has 0 saturated heterocycles. The first-order valence-electron chi connectivity index (χ1n) is 12.3. The average molecular weight is 605 g/mol. The predicted octanol–water partition coefficient (Wildman–Crippen LogP) is 6.07. The molecule has 1 unspecified atom stereocenters. The highest BCUT2D eigenvalue weighted by Crippen LogP contribution is 2.36. The molecule has 5 rings (SSSR count). The van der Waals surface area contributed by atoms with Crippen LogP contribution in [0.1, 0.15) is 30.6 Å². The Morgan fingerprint density at radius 1 is 1.10 bits per heavy atom. The topological polar surface area (TPSA) is 108 Å². The maximum absolute atomic E-state index is 13.4. The number of nitrogens with zero attached hydrogens (tertiary/aromatic N) is 5. The molecule has 0 amide bonds. The lowest BCUT2D eigenvalue weighted by molar-refractivity contribution is -0.139. The van der Waals surface area contributed by atoms with Crippen LogP contribution in [-0.2, 0) is 17.4 Å². The van der Waals surface area contributed by atoms with Crippen LogP contribution in [0.3, 0.4) is 0 Å². The van der Waals surface area contributed by atoms with E-state index in [1.165, 1.54) is 53.0 Å². The van der Waals surface area contributed by atoms with Gasteiger partial charge < -0.3 is 9.30 Å². The summed E-state index contributed by atoms with van der Waals surface area (Å²) in [5.74, 6) is -0.0817. The SMILES string of the molecule is CCC(C(=O)Cc1ccc2n[nH]c(C(F)(F)F)c2c1)n1cc(OC)c(-c2cc(Cl)ccc2-n2cc(Cl)nn2)cc1=O. The van der Waals surface area contributed by atoms with Crippen molar-refractivity contribution >= 4 is 39.9 Å². The number of halogens is 5. The van der Waals surface area contributed by atoms with Crippen LogP contribution in [0.4, 0.5) is 13.2 Å². The molecule has 0 saturated carbocycles. The number of carbonyl (C=O) groups excluding carboxylic acids is 1. The van der Waals surface area contributed by atoms with Gasteiger partial charge in [-0.3, -0.25) is 14.7 Å². The zero-order valence-electron chi connectivity index (χ0n) is 21.5. The highest BCUT2D eigenvalue weighted by Gasteiger charge is 2.35. The standard InChI is InChI=1S/C27H21Cl2F3N6O3/c1-3-20(22(39)9-14-4-6-19-18(8-14)26(35-33-19)27(30,31)32)37-12-23(41-2)17(11-25(37)40)16-10-15(28)5-7-21(16)38-13-24(29)34-36-38/h4-8,10-13,20H,3,9H2,1-2H3,(H,33,35). The maximum atomic E-state index is 13.4. The van der Waals surface area contributed by atoms with Crippen molar-refractivity contribution in [2.45, 2.75) is 32.0 Å². The largest absolute Gasteiger partial charge is 0.495 e. The summed E-state index contributed by atoms with van der Waals surface area (Å²) in [6, 6.07) is 9.64. The van der Waals surface area contributed by atoms with Gasteiger partial charge in [0, 0.05) is 34.0 Å². The summed E-state index contributed by atoms with van der Waals surface area (Å²) in [5.41, 5.74) is 0.441. The summed E-state index contributed by atoms with van der Waals surface area (Å²) in [5, 5.41) is 13.9. The Kier molecular flexibility index (Phi) is 7.62. The molecule has 41 heavy (non-hydrogen) atoms. The fraction of sp³-hybridized carbons (Fsp3) is 0.222. The van der Waals surface area contributed by atoms with Crippen LogP contribution < -0.4 is 10.3 Å². The highest BCUT2D eigenvalue weighted by atomic mass is 35.5. The molecule has 2 aromatic carbocycles. The van der Waals surface area contributed by atoms with Gasteiger partial charge in [0.2, 0.25) is 0 Å². The summed E-state index contributed by atoms with van der Waals surface area (Å²) < 4.78 is 48.4. The Labute approximate surface area is 240 Å². The van der Waals surface area contributed by atoms with Crippen molar-refractivity contribution in [1.82, 2.24) is 29.8 Å². The normalized spacial score (nSPS) is 12.6. The van der Waals surface area contributed by atoms with E-state index in [4.69, 9.17) is 27.9 Å². The maximum Gasteiger partial charge on any atom is 0.433 e. The van der Waals surface area contributed by atoms with E-state index in [1.54, 1.807) is 25.1 Å². The highest BCUT2D eigenvalue weighted by molar-refractivity contribution is 6.31. The van der Waals surface area contributed by atoms with Gasteiger partial charge in [0.1, 0.15) is 11.4 Å². The minimum Gasteiger partial charge on any atom is -0.495 e. The van der Waals surface area contributed by atoms with Crippen LogP contribution >= 0.6 is 23.2 Å². The minimum atomic E-state index is -4.63. The molecule has 1 atom stereocenters. The molecule has 0 aliphatic rings. The van der Waals surface area contributed by atoms with Crippen LogP contribution in [0.5, 0.6) is 5.75 Å². The van der Waals surface area contributed by atoms with Crippen molar-refractivity contribution in [3.63, 3.8) is 0 Å². The molecule has 1 N–H and O–H groups in total. The Bertz CT molecular complexity index is 1830. The van der Waals surface area contributed by atoms with Gasteiger partial charge in [0.15, 0.2) is 10.9 Å². The summed E-state index contributed by atoms with van der Waals surface area (Å²) in [7, 11) is 1.42. The van der Waals surface area contributed by atoms with E-state index in [1.807, 2.05) is 5.10 Å². The van der Waals surface area contributed by atoms with Crippen molar-refractivity contribution in [3.05, 3.63) is 86.6 Å². The summed E-state index contributed by atoms with van der Waals surface area (Å²) >= 11 is 12.2. The average Bonchev–Trinajstić information content (AvgIpc) is 3.55. The van der Waals surface area contributed by atoms with Gasteiger partial charge in [0.05, 0.1) is 36.7 Å². The Morgan fingerprint density at radius 3 is 2.54 bits per heavy atom. The number of nitrogens with one attached hydrogen (secondary N) is 1. The van der Waals surface area contributed by atoms with Gasteiger partial charge in [-0.05, 0) is 42.3 Å². The van der Waals surface area contributed by atoms with Crippen molar-refractivity contribution in [2.24, 2.45) is 0 Å². The van der Waals surface area contributed by atoms with Crippen molar-refractivity contribution in [2.75, 3.05) is 7.11 Å². The van der Waals surface area contributed by atoms with Crippen LogP contribution in [0.25, 0.3) is 27.7 Å². The number of benzene rings is 2. The molecular formula is C27H21Cl2F3N6O3. The Morgan fingerprint density at radius 2 is 1.88 bits per heavy atom.